The molecule has 0 radical (unpaired) electrons. The summed E-state index contributed by atoms with van der Waals surface area (Å²) < 4.78 is 37.5. The van der Waals surface area contributed by atoms with E-state index in [1.54, 1.807) is 12.1 Å². The van der Waals surface area contributed by atoms with Gasteiger partial charge >= 0.3 is 6.18 Å². The van der Waals surface area contributed by atoms with E-state index < -0.39 is 18.6 Å². The minimum absolute atomic E-state index is 0.0195. The lowest BCUT2D eigenvalue weighted by Gasteiger charge is -2.13. The molecule has 0 aliphatic carbocycles. The zero-order valence-electron chi connectivity index (χ0n) is 14.3. The minimum Gasteiger partial charge on any atom is -0.376 e. The molecular formula is C18H17BrF3N3O2. The molecule has 0 saturated carbocycles. The molecule has 0 aliphatic rings. The second kappa shape index (κ2) is 8.90. The largest absolute Gasteiger partial charge is 0.405 e. The standard InChI is InChI=1S/C18H17BrF3N3O2/c1-11-6-7-15(13(19)8-11)25-16(26)9-23-14-5-3-2-4-12(14)17(27)24-10-18(20,21)22/h2-8,23H,9-10H2,1H3,(H,24,27)(H,25,26). The minimum atomic E-state index is -4.50. The first-order valence-corrected chi connectivity index (χ1v) is 8.69. The predicted octanol–water partition coefficient (Wildman–Crippen LogP) is 4.10. The number of alkyl halides is 3. The Labute approximate surface area is 162 Å². The summed E-state index contributed by atoms with van der Waals surface area (Å²) in [4.78, 5) is 24.1. The SMILES string of the molecule is Cc1ccc(NC(=O)CNc2ccccc2C(=O)NCC(F)(F)F)c(Br)c1. The van der Waals surface area contributed by atoms with Crippen LogP contribution < -0.4 is 16.0 Å². The number of halogens is 4. The van der Waals surface area contributed by atoms with Crippen LogP contribution in [0.3, 0.4) is 0 Å². The highest BCUT2D eigenvalue weighted by molar-refractivity contribution is 9.10. The molecule has 2 aromatic carbocycles. The maximum Gasteiger partial charge on any atom is 0.405 e. The van der Waals surface area contributed by atoms with E-state index in [0.29, 0.717) is 5.69 Å². The van der Waals surface area contributed by atoms with Gasteiger partial charge in [-0.1, -0.05) is 18.2 Å². The quantitative estimate of drug-likeness (QED) is 0.629. The van der Waals surface area contributed by atoms with Gasteiger partial charge in [0.25, 0.3) is 5.91 Å². The molecule has 0 unspecified atom stereocenters. The molecule has 27 heavy (non-hydrogen) atoms. The van der Waals surface area contributed by atoms with Gasteiger partial charge in [-0.05, 0) is 52.7 Å². The predicted molar refractivity (Wildman–Crippen MR) is 101 cm³/mol. The van der Waals surface area contributed by atoms with E-state index in [2.05, 4.69) is 26.6 Å². The first-order valence-electron chi connectivity index (χ1n) is 7.89. The number of nitrogens with one attached hydrogen (secondary N) is 3. The van der Waals surface area contributed by atoms with E-state index in [1.165, 1.54) is 18.2 Å². The normalized spacial score (nSPS) is 11.0. The number of hydrogen-bond donors (Lipinski definition) is 3. The van der Waals surface area contributed by atoms with Crippen LogP contribution in [-0.4, -0.2) is 31.1 Å². The second-order valence-corrected chi connectivity index (χ2v) is 6.58. The fourth-order valence-corrected chi connectivity index (χ4v) is 2.79. The van der Waals surface area contributed by atoms with E-state index in [9.17, 15) is 22.8 Å². The number of aryl methyl sites for hydroxylation is 1. The van der Waals surface area contributed by atoms with Crippen LogP contribution in [0.2, 0.25) is 0 Å². The number of carbonyl (C=O) groups is 2. The Hall–Kier alpha value is -2.55. The van der Waals surface area contributed by atoms with Gasteiger partial charge < -0.3 is 16.0 Å². The maximum atomic E-state index is 12.3. The average Bonchev–Trinajstić information content (AvgIpc) is 2.60. The van der Waals surface area contributed by atoms with Gasteiger partial charge in [-0.3, -0.25) is 9.59 Å². The lowest BCUT2D eigenvalue weighted by Crippen LogP contribution is -2.34. The monoisotopic (exact) mass is 443 g/mol. The van der Waals surface area contributed by atoms with E-state index in [1.807, 2.05) is 24.4 Å². The Morgan fingerprint density at radius 3 is 2.44 bits per heavy atom. The Kier molecular flexibility index (Phi) is 6.84. The van der Waals surface area contributed by atoms with Gasteiger partial charge in [0.15, 0.2) is 0 Å². The zero-order chi connectivity index (χ0) is 20.0. The third-order valence-electron chi connectivity index (χ3n) is 3.46. The van der Waals surface area contributed by atoms with Crippen molar-refractivity contribution in [3.8, 4) is 0 Å². The van der Waals surface area contributed by atoms with Gasteiger partial charge in [0, 0.05) is 10.2 Å². The van der Waals surface area contributed by atoms with Gasteiger partial charge in [0.1, 0.15) is 6.54 Å². The van der Waals surface area contributed by atoms with E-state index in [0.717, 1.165) is 10.0 Å². The van der Waals surface area contributed by atoms with Crippen LogP contribution in [0, 0.1) is 6.92 Å². The van der Waals surface area contributed by atoms with Crippen LogP contribution in [0.15, 0.2) is 46.9 Å². The highest BCUT2D eigenvalue weighted by Gasteiger charge is 2.28. The van der Waals surface area contributed by atoms with Gasteiger partial charge in [-0.25, -0.2) is 0 Å². The summed E-state index contributed by atoms with van der Waals surface area (Å²) in [6.07, 6.45) is -4.50. The number of para-hydroxylation sites is 1. The van der Waals surface area contributed by atoms with Crippen LogP contribution in [0.1, 0.15) is 15.9 Å². The molecule has 0 spiro atoms. The Morgan fingerprint density at radius 2 is 1.78 bits per heavy atom. The third kappa shape index (κ3) is 6.59. The van der Waals surface area contributed by atoms with Crippen molar-refractivity contribution in [2.75, 3.05) is 23.7 Å². The van der Waals surface area contributed by atoms with Crippen LogP contribution in [0.5, 0.6) is 0 Å². The van der Waals surface area contributed by atoms with Crippen molar-refractivity contribution in [3.05, 3.63) is 58.1 Å². The molecule has 2 aromatic rings. The zero-order valence-corrected chi connectivity index (χ0v) is 15.9. The summed E-state index contributed by atoms with van der Waals surface area (Å²) in [5.41, 5.74) is 1.89. The van der Waals surface area contributed by atoms with Crippen molar-refractivity contribution >= 4 is 39.1 Å². The van der Waals surface area contributed by atoms with Crippen LogP contribution in [0.25, 0.3) is 0 Å². The van der Waals surface area contributed by atoms with Crippen molar-refractivity contribution in [1.82, 2.24) is 5.32 Å². The molecule has 0 atom stereocenters. The highest BCUT2D eigenvalue weighted by Crippen LogP contribution is 2.23. The van der Waals surface area contributed by atoms with Crippen molar-refractivity contribution in [1.29, 1.82) is 0 Å². The number of amides is 2. The summed E-state index contributed by atoms with van der Waals surface area (Å²) in [6.45, 7) is 0.324. The number of anilines is 2. The summed E-state index contributed by atoms with van der Waals surface area (Å²) in [5.74, 6) is -1.25. The summed E-state index contributed by atoms with van der Waals surface area (Å²) in [7, 11) is 0. The molecule has 3 N–H and O–H groups in total. The van der Waals surface area contributed by atoms with Crippen molar-refractivity contribution < 1.29 is 22.8 Å². The molecule has 9 heteroatoms. The molecule has 0 heterocycles. The molecule has 5 nitrogen and oxygen atoms in total. The maximum absolute atomic E-state index is 12.3. The highest BCUT2D eigenvalue weighted by atomic mass is 79.9. The number of hydrogen-bond acceptors (Lipinski definition) is 3. The number of benzene rings is 2. The fraction of sp³-hybridized carbons (Fsp3) is 0.222. The van der Waals surface area contributed by atoms with Crippen molar-refractivity contribution in [3.63, 3.8) is 0 Å². The molecule has 0 fully saturated rings. The topological polar surface area (TPSA) is 70.2 Å². The molecule has 0 bridgehead atoms. The molecule has 2 rings (SSSR count). The first-order chi connectivity index (χ1) is 12.7. The van der Waals surface area contributed by atoms with E-state index >= 15 is 0 Å². The van der Waals surface area contributed by atoms with Gasteiger partial charge in [-0.15, -0.1) is 0 Å². The lowest BCUT2D eigenvalue weighted by molar-refractivity contribution is -0.123. The second-order valence-electron chi connectivity index (χ2n) is 5.73. The molecule has 0 saturated heterocycles. The molecule has 144 valence electrons. The Morgan fingerprint density at radius 1 is 1.07 bits per heavy atom. The van der Waals surface area contributed by atoms with Gasteiger partial charge in [-0.2, -0.15) is 13.2 Å². The summed E-state index contributed by atoms with van der Waals surface area (Å²) >= 11 is 3.36. The van der Waals surface area contributed by atoms with Gasteiger partial charge in [0.05, 0.1) is 17.8 Å². The molecule has 0 aliphatic heterocycles. The van der Waals surface area contributed by atoms with Crippen LogP contribution in [-0.2, 0) is 4.79 Å². The van der Waals surface area contributed by atoms with Crippen LogP contribution in [0.4, 0.5) is 24.5 Å². The number of carbonyl (C=O) groups excluding carboxylic acids is 2. The van der Waals surface area contributed by atoms with E-state index in [4.69, 9.17) is 0 Å². The van der Waals surface area contributed by atoms with E-state index in [-0.39, 0.29) is 23.7 Å². The van der Waals surface area contributed by atoms with Crippen molar-refractivity contribution in [2.24, 2.45) is 0 Å². The molecule has 2 amide bonds. The van der Waals surface area contributed by atoms with Crippen LogP contribution >= 0.6 is 15.9 Å². The summed E-state index contributed by atoms with van der Waals surface area (Å²) in [6, 6.07) is 11.5. The molecule has 0 aromatic heterocycles. The molecular weight excluding hydrogens is 427 g/mol. The fourth-order valence-electron chi connectivity index (χ4n) is 2.20. The number of rotatable bonds is 6. The smallest absolute Gasteiger partial charge is 0.376 e. The average molecular weight is 444 g/mol. The third-order valence-corrected chi connectivity index (χ3v) is 4.12. The Bertz CT molecular complexity index is 841. The Balaban J connectivity index is 1.99. The summed E-state index contributed by atoms with van der Waals surface area (Å²) in [5, 5.41) is 7.29. The van der Waals surface area contributed by atoms with Gasteiger partial charge in [0.2, 0.25) is 5.91 Å². The first kappa shape index (κ1) is 20.8. The van der Waals surface area contributed by atoms with Crippen molar-refractivity contribution in [2.45, 2.75) is 13.1 Å². The lowest BCUT2D eigenvalue weighted by atomic mass is 10.1.